The lowest BCUT2D eigenvalue weighted by Crippen LogP contribution is -2.51. The van der Waals surface area contributed by atoms with Gasteiger partial charge in [-0.15, -0.1) is 0 Å². The maximum Gasteiger partial charge on any atom is 0.269 e. The van der Waals surface area contributed by atoms with E-state index >= 15 is 0 Å². The highest BCUT2D eigenvalue weighted by Crippen LogP contribution is 2.55. The molecule has 28 heavy (non-hydrogen) atoms. The molecule has 1 fully saturated rings. The van der Waals surface area contributed by atoms with Crippen LogP contribution in [-0.4, -0.2) is 37.9 Å². The molecule has 2 aliphatic rings. The highest BCUT2D eigenvalue weighted by Gasteiger charge is 2.59. The molecule has 1 saturated heterocycles. The van der Waals surface area contributed by atoms with Gasteiger partial charge in [-0.1, -0.05) is 32.1 Å². The molecular formula is C22H25N3O3. The Kier molecular flexibility index (Phi) is 4.19. The largest absolute Gasteiger partial charge is 0.378 e. The van der Waals surface area contributed by atoms with Crippen molar-refractivity contribution >= 4 is 23.1 Å². The molecule has 2 heterocycles. The summed E-state index contributed by atoms with van der Waals surface area (Å²) >= 11 is 0. The van der Waals surface area contributed by atoms with E-state index in [-0.39, 0.29) is 10.6 Å². The Bertz CT molecular complexity index is 950. The smallest absolute Gasteiger partial charge is 0.269 e. The molecule has 1 atom stereocenters. The predicted molar refractivity (Wildman–Crippen MR) is 112 cm³/mol. The van der Waals surface area contributed by atoms with Gasteiger partial charge in [0.2, 0.25) is 0 Å². The van der Waals surface area contributed by atoms with Crippen LogP contribution in [0.1, 0.15) is 25.0 Å². The van der Waals surface area contributed by atoms with E-state index in [1.807, 2.05) is 20.2 Å². The van der Waals surface area contributed by atoms with Gasteiger partial charge in [0.25, 0.3) is 5.69 Å². The highest BCUT2D eigenvalue weighted by atomic mass is 16.6. The van der Waals surface area contributed by atoms with Crippen molar-refractivity contribution in [3.8, 4) is 0 Å². The van der Waals surface area contributed by atoms with Gasteiger partial charge < -0.3 is 14.5 Å². The minimum Gasteiger partial charge on any atom is -0.378 e. The number of ether oxygens (including phenoxy) is 1. The van der Waals surface area contributed by atoms with Gasteiger partial charge in [0.15, 0.2) is 5.72 Å². The minimum atomic E-state index is -0.648. The number of rotatable bonds is 4. The van der Waals surface area contributed by atoms with Crippen molar-refractivity contribution in [3.63, 3.8) is 0 Å². The van der Waals surface area contributed by atoms with Gasteiger partial charge in [-0.05, 0) is 35.4 Å². The summed E-state index contributed by atoms with van der Waals surface area (Å²) in [5.41, 5.74) is 3.25. The van der Waals surface area contributed by atoms with Gasteiger partial charge in [-0.25, -0.2) is 0 Å². The maximum atomic E-state index is 11.3. The number of non-ortho nitro benzene ring substituents is 1. The Morgan fingerprint density at radius 1 is 1.18 bits per heavy atom. The molecule has 2 aliphatic heterocycles. The van der Waals surface area contributed by atoms with Crippen LogP contribution in [0.5, 0.6) is 0 Å². The molecule has 0 saturated carbocycles. The van der Waals surface area contributed by atoms with Crippen molar-refractivity contribution < 1.29 is 9.66 Å². The third-order valence-corrected chi connectivity index (χ3v) is 6.00. The average Bonchev–Trinajstić information content (AvgIpc) is 3.17. The zero-order valence-electron chi connectivity index (χ0n) is 16.7. The van der Waals surface area contributed by atoms with Gasteiger partial charge in [-0.2, -0.15) is 0 Å². The predicted octanol–water partition coefficient (Wildman–Crippen LogP) is 4.20. The Morgan fingerprint density at radius 2 is 1.89 bits per heavy atom. The number of nitrogens with zero attached hydrogens (tertiary/aromatic N) is 3. The Hall–Kier alpha value is -2.86. The second-order valence-corrected chi connectivity index (χ2v) is 8.10. The molecule has 0 N–H and O–H groups in total. The molecule has 2 aromatic carbocycles. The lowest BCUT2D eigenvalue weighted by molar-refractivity contribution is -0.384. The van der Waals surface area contributed by atoms with E-state index in [2.05, 4.69) is 60.1 Å². The highest BCUT2D eigenvalue weighted by molar-refractivity contribution is 5.72. The SMILES string of the molecule is CN(C)c1ccc(/C=C/[C@@]23OCCN2c2ccc([N+](=O)[O-])cc2C3(C)C)cc1. The third kappa shape index (κ3) is 2.59. The molecule has 0 radical (unpaired) electrons. The van der Waals surface area contributed by atoms with Gasteiger partial charge in [0.05, 0.1) is 11.5 Å². The maximum absolute atomic E-state index is 11.3. The van der Waals surface area contributed by atoms with Crippen LogP contribution >= 0.6 is 0 Å². The first-order valence-corrected chi connectivity index (χ1v) is 9.43. The first-order valence-electron chi connectivity index (χ1n) is 9.43. The lowest BCUT2D eigenvalue weighted by Gasteiger charge is -2.39. The fraction of sp³-hybridized carbons (Fsp3) is 0.364. The van der Waals surface area contributed by atoms with Crippen LogP contribution in [0.2, 0.25) is 0 Å². The van der Waals surface area contributed by atoms with Crippen LogP contribution in [0.15, 0.2) is 48.5 Å². The van der Waals surface area contributed by atoms with Crippen molar-refractivity contribution in [2.75, 3.05) is 37.0 Å². The van der Waals surface area contributed by atoms with Crippen molar-refractivity contribution in [2.24, 2.45) is 0 Å². The molecule has 0 bridgehead atoms. The number of nitro groups is 1. The van der Waals surface area contributed by atoms with Crippen molar-refractivity contribution in [3.05, 3.63) is 69.8 Å². The molecule has 0 spiro atoms. The summed E-state index contributed by atoms with van der Waals surface area (Å²) < 4.78 is 6.31. The van der Waals surface area contributed by atoms with E-state index in [1.165, 1.54) is 0 Å². The van der Waals surface area contributed by atoms with E-state index in [0.29, 0.717) is 6.61 Å². The standard InChI is InChI=1S/C22H25N3O3/c1-21(2)19-15-18(25(26)27)9-10-20(19)24-13-14-28-22(21,24)12-11-16-5-7-17(8-6-16)23(3)4/h5-12,15H,13-14H2,1-4H3/b12-11+/t22-/m0/s1. The number of benzene rings is 2. The van der Waals surface area contributed by atoms with E-state index in [1.54, 1.807) is 12.1 Å². The van der Waals surface area contributed by atoms with Crippen LogP contribution in [0.4, 0.5) is 17.1 Å². The van der Waals surface area contributed by atoms with Gasteiger partial charge in [0, 0.05) is 49.6 Å². The molecule has 0 unspecified atom stereocenters. The molecular weight excluding hydrogens is 354 g/mol. The van der Waals surface area contributed by atoms with E-state index in [4.69, 9.17) is 4.74 Å². The first-order chi connectivity index (χ1) is 13.3. The quantitative estimate of drug-likeness (QED) is 0.589. The third-order valence-electron chi connectivity index (χ3n) is 6.00. The summed E-state index contributed by atoms with van der Waals surface area (Å²) in [7, 11) is 4.04. The summed E-state index contributed by atoms with van der Waals surface area (Å²) in [5, 5.41) is 11.3. The van der Waals surface area contributed by atoms with E-state index in [0.717, 1.165) is 29.0 Å². The van der Waals surface area contributed by atoms with Crippen LogP contribution in [0.3, 0.4) is 0 Å². The molecule has 6 heteroatoms. The Labute approximate surface area is 165 Å². The summed E-state index contributed by atoms with van der Waals surface area (Å²) in [6.07, 6.45) is 4.19. The van der Waals surface area contributed by atoms with E-state index in [9.17, 15) is 10.1 Å². The first kappa shape index (κ1) is 18.5. The Morgan fingerprint density at radius 3 is 2.54 bits per heavy atom. The fourth-order valence-corrected chi connectivity index (χ4v) is 4.36. The number of nitro benzene ring substituents is 1. The lowest BCUT2D eigenvalue weighted by atomic mass is 9.77. The zero-order valence-corrected chi connectivity index (χ0v) is 16.7. The topological polar surface area (TPSA) is 58.8 Å². The molecule has 6 nitrogen and oxygen atoms in total. The van der Waals surface area contributed by atoms with Crippen LogP contribution in [0, 0.1) is 10.1 Å². The van der Waals surface area contributed by atoms with Crippen molar-refractivity contribution in [2.45, 2.75) is 25.0 Å². The van der Waals surface area contributed by atoms with Crippen LogP contribution in [-0.2, 0) is 10.2 Å². The number of hydrogen-bond donors (Lipinski definition) is 0. The number of anilines is 2. The fourth-order valence-electron chi connectivity index (χ4n) is 4.36. The summed E-state index contributed by atoms with van der Waals surface area (Å²) in [6, 6.07) is 13.5. The summed E-state index contributed by atoms with van der Waals surface area (Å²) in [4.78, 5) is 15.2. The van der Waals surface area contributed by atoms with Crippen molar-refractivity contribution in [1.82, 2.24) is 0 Å². The molecule has 0 amide bonds. The minimum absolute atomic E-state index is 0.117. The van der Waals surface area contributed by atoms with E-state index < -0.39 is 11.1 Å². The van der Waals surface area contributed by atoms with Gasteiger partial charge in [0.1, 0.15) is 0 Å². The Balaban J connectivity index is 1.74. The number of fused-ring (bicyclic) bond motifs is 3. The van der Waals surface area contributed by atoms with Gasteiger partial charge in [-0.3, -0.25) is 10.1 Å². The molecule has 2 aromatic rings. The summed E-state index contributed by atoms with van der Waals surface area (Å²) in [5.74, 6) is 0. The molecule has 146 valence electrons. The molecule has 0 aliphatic carbocycles. The molecule has 4 rings (SSSR count). The molecule has 0 aromatic heterocycles. The second kappa shape index (κ2) is 6.34. The number of hydrogen-bond acceptors (Lipinski definition) is 5. The average molecular weight is 379 g/mol. The zero-order chi connectivity index (χ0) is 20.1. The normalized spacial score (nSPS) is 22.4. The van der Waals surface area contributed by atoms with Crippen molar-refractivity contribution in [1.29, 1.82) is 0 Å². The van der Waals surface area contributed by atoms with Crippen LogP contribution < -0.4 is 9.80 Å². The van der Waals surface area contributed by atoms with Crippen LogP contribution in [0.25, 0.3) is 6.08 Å². The summed E-state index contributed by atoms with van der Waals surface area (Å²) in [6.45, 7) is 5.59. The monoisotopic (exact) mass is 379 g/mol. The second-order valence-electron chi connectivity index (χ2n) is 8.10. The van der Waals surface area contributed by atoms with Gasteiger partial charge >= 0.3 is 0 Å².